The average Bonchev–Trinajstić information content (AvgIpc) is 2.78. The van der Waals surface area contributed by atoms with Crippen molar-refractivity contribution in [3.05, 3.63) is 95.1 Å². The molecule has 3 aromatic rings. The van der Waals surface area contributed by atoms with Gasteiger partial charge in [0, 0.05) is 30.4 Å². The van der Waals surface area contributed by atoms with E-state index in [0.717, 1.165) is 11.1 Å². The highest BCUT2D eigenvalue weighted by Gasteiger charge is 2.15. The van der Waals surface area contributed by atoms with Gasteiger partial charge in [-0.15, -0.1) is 0 Å². The smallest absolute Gasteiger partial charge is 0.261 e. The molecule has 31 heavy (non-hydrogen) atoms. The molecule has 160 valence electrons. The Morgan fingerprint density at radius 2 is 1.52 bits per heavy atom. The van der Waals surface area contributed by atoms with Gasteiger partial charge in [-0.05, 0) is 61.0 Å². The number of sulfonamides is 1. The average molecular weight is 438 g/mol. The fourth-order valence-corrected chi connectivity index (χ4v) is 3.93. The van der Waals surface area contributed by atoms with Crippen LogP contribution < -0.4 is 15.4 Å². The summed E-state index contributed by atoms with van der Waals surface area (Å²) >= 11 is 0. The Bertz CT molecular complexity index is 1190. The number of hydrogen-bond acceptors (Lipinski definition) is 4. The predicted molar refractivity (Wildman–Crippen MR) is 119 cm³/mol. The maximum absolute atomic E-state index is 12.5. The van der Waals surface area contributed by atoms with E-state index in [0.29, 0.717) is 16.8 Å². The third kappa shape index (κ3) is 5.70. The molecule has 0 fully saturated rings. The highest BCUT2D eigenvalue weighted by Crippen LogP contribution is 2.17. The number of anilines is 1. The fraction of sp³-hybridized carbons (Fsp3) is 0.130. The van der Waals surface area contributed by atoms with Crippen molar-refractivity contribution in [2.75, 3.05) is 11.8 Å². The molecular weight excluding hydrogens is 414 g/mol. The van der Waals surface area contributed by atoms with Gasteiger partial charge in [-0.1, -0.05) is 29.8 Å². The first-order chi connectivity index (χ1) is 14.8. The van der Waals surface area contributed by atoms with Gasteiger partial charge in [0.1, 0.15) is 0 Å². The number of benzene rings is 3. The Balaban J connectivity index is 1.64. The van der Waals surface area contributed by atoms with E-state index in [1.807, 2.05) is 19.1 Å². The first-order valence-corrected chi connectivity index (χ1v) is 11.1. The molecule has 0 aliphatic heterocycles. The number of nitrogens with one attached hydrogen (secondary N) is 3. The van der Waals surface area contributed by atoms with Gasteiger partial charge in [0.05, 0.1) is 4.90 Å². The van der Waals surface area contributed by atoms with Crippen molar-refractivity contribution < 1.29 is 18.0 Å². The van der Waals surface area contributed by atoms with Gasteiger partial charge in [-0.2, -0.15) is 0 Å². The Hall–Kier alpha value is -3.65. The summed E-state index contributed by atoms with van der Waals surface area (Å²) in [5.41, 5.74) is 3.10. The maximum atomic E-state index is 12.5. The molecule has 0 heterocycles. The minimum Gasteiger partial charge on any atom is -0.355 e. The van der Waals surface area contributed by atoms with Crippen LogP contribution in [0.5, 0.6) is 0 Å². The van der Waals surface area contributed by atoms with Crippen molar-refractivity contribution in [1.29, 1.82) is 0 Å². The van der Waals surface area contributed by atoms with Crippen molar-refractivity contribution in [1.82, 2.24) is 10.6 Å². The Morgan fingerprint density at radius 1 is 0.839 bits per heavy atom. The second-order valence-electron chi connectivity index (χ2n) is 6.96. The van der Waals surface area contributed by atoms with Crippen LogP contribution in [0, 0.1) is 6.92 Å². The molecule has 2 amide bonds. The molecule has 0 spiro atoms. The van der Waals surface area contributed by atoms with Crippen LogP contribution in [0.3, 0.4) is 0 Å². The van der Waals surface area contributed by atoms with Crippen molar-refractivity contribution in [3.8, 4) is 0 Å². The van der Waals surface area contributed by atoms with Gasteiger partial charge in [-0.25, -0.2) is 8.42 Å². The zero-order valence-electron chi connectivity index (χ0n) is 17.2. The summed E-state index contributed by atoms with van der Waals surface area (Å²) in [6, 6.07) is 19.6. The maximum Gasteiger partial charge on any atom is 0.261 e. The molecule has 3 rings (SSSR count). The van der Waals surface area contributed by atoms with Crippen molar-refractivity contribution in [3.63, 3.8) is 0 Å². The van der Waals surface area contributed by atoms with Crippen molar-refractivity contribution in [2.24, 2.45) is 0 Å². The van der Waals surface area contributed by atoms with E-state index in [4.69, 9.17) is 0 Å². The highest BCUT2D eigenvalue weighted by molar-refractivity contribution is 7.92. The molecule has 0 saturated heterocycles. The monoisotopic (exact) mass is 437 g/mol. The molecule has 0 saturated carbocycles. The molecule has 7 nitrogen and oxygen atoms in total. The van der Waals surface area contributed by atoms with Gasteiger partial charge in [-0.3, -0.25) is 14.3 Å². The zero-order chi connectivity index (χ0) is 22.4. The van der Waals surface area contributed by atoms with Gasteiger partial charge in [0.2, 0.25) is 0 Å². The van der Waals surface area contributed by atoms with Crippen LogP contribution in [-0.2, 0) is 16.6 Å². The largest absolute Gasteiger partial charge is 0.355 e. The molecule has 0 bridgehead atoms. The van der Waals surface area contributed by atoms with Crippen molar-refractivity contribution in [2.45, 2.75) is 18.4 Å². The molecule has 0 aliphatic rings. The van der Waals surface area contributed by atoms with Crippen LogP contribution in [0.25, 0.3) is 0 Å². The standard InChI is InChI=1S/C23H23N3O4S/c1-16-6-10-20(11-7-16)26-31(29,30)21-12-8-18(9-13-21)23(28)25-15-17-4-3-5-19(14-17)22(27)24-2/h3-14,26H,15H2,1-2H3,(H,24,27)(H,25,28). The summed E-state index contributed by atoms with van der Waals surface area (Å²) in [4.78, 5) is 24.2. The van der Waals surface area contributed by atoms with Crippen LogP contribution in [-0.4, -0.2) is 27.3 Å². The van der Waals surface area contributed by atoms with Gasteiger partial charge in [0.15, 0.2) is 0 Å². The number of hydrogen-bond donors (Lipinski definition) is 3. The molecule has 3 N–H and O–H groups in total. The van der Waals surface area contributed by atoms with Crippen LogP contribution in [0.1, 0.15) is 31.8 Å². The van der Waals surface area contributed by atoms with E-state index in [1.165, 1.54) is 24.3 Å². The lowest BCUT2D eigenvalue weighted by atomic mass is 10.1. The van der Waals surface area contributed by atoms with Crippen LogP contribution in [0.15, 0.2) is 77.7 Å². The van der Waals surface area contributed by atoms with Gasteiger partial charge >= 0.3 is 0 Å². The van der Waals surface area contributed by atoms with E-state index in [1.54, 1.807) is 43.4 Å². The second-order valence-corrected chi connectivity index (χ2v) is 8.64. The number of carbonyl (C=O) groups excluding carboxylic acids is 2. The molecule has 0 unspecified atom stereocenters. The minimum atomic E-state index is -3.76. The quantitative estimate of drug-likeness (QED) is 0.528. The van der Waals surface area contributed by atoms with Gasteiger partial charge in [0.25, 0.3) is 21.8 Å². The molecule has 0 atom stereocenters. The summed E-state index contributed by atoms with van der Waals surface area (Å²) in [5, 5.41) is 5.32. The normalized spacial score (nSPS) is 10.9. The topological polar surface area (TPSA) is 104 Å². The SMILES string of the molecule is CNC(=O)c1cccc(CNC(=O)c2ccc(S(=O)(=O)Nc3ccc(C)cc3)cc2)c1. The molecule has 8 heteroatoms. The summed E-state index contributed by atoms with van der Waals surface area (Å²) < 4.78 is 27.6. The first-order valence-electron chi connectivity index (χ1n) is 9.57. The molecule has 0 radical (unpaired) electrons. The lowest BCUT2D eigenvalue weighted by Gasteiger charge is -2.10. The van der Waals surface area contributed by atoms with Gasteiger partial charge < -0.3 is 10.6 Å². The minimum absolute atomic E-state index is 0.0582. The second kappa shape index (κ2) is 9.44. The number of carbonyl (C=O) groups is 2. The lowest BCUT2D eigenvalue weighted by molar-refractivity contribution is 0.0948. The van der Waals surface area contributed by atoms with Crippen LogP contribution in [0.2, 0.25) is 0 Å². The summed E-state index contributed by atoms with van der Waals surface area (Å²) in [7, 11) is -2.21. The fourth-order valence-electron chi connectivity index (χ4n) is 2.87. The third-order valence-electron chi connectivity index (χ3n) is 4.60. The number of rotatable bonds is 7. The zero-order valence-corrected chi connectivity index (χ0v) is 18.0. The Morgan fingerprint density at radius 3 is 2.16 bits per heavy atom. The predicted octanol–water partition coefficient (Wildman–Crippen LogP) is 3.09. The van der Waals surface area contributed by atoms with E-state index in [9.17, 15) is 18.0 Å². The summed E-state index contributed by atoms with van der Waals surface area (Å²) in [6.45, 7) is 2.15. The van der Waals surface area contributed by atoms with E-state index < -0.39 is 10.0 Å². The summed E-state index contributed by atoms with van der Waals surface area (Å²) in [6.07, 6.45) is 0. The number of aryl methyl sites for hydroxylation is 1. The molecule has 0 aliphatic carbocycles. The number of amides is 2. The molecule has 0 aromatic heterocycles. The Kier molecular flexibility index (Phi) is 6.71. The van der Waals surface area contributed by atoms with E-state index >= 15 is 0 Å². The van der Waals surface area contributed by atoms with Crippen molar-refractivity contribution >= 4 is 27.5 Å². The molecular formula is C23H23N3O4S. The van der Waals surface area contributed by atoms with E-state index in [-0.39, 0.29) is 23.3 Å². The third-order valence-corrected chi connectivity index (χ3v) is 6.00. The van der Waals surface area contributed by atoms with Crippen LogP contribution >= 0.6 is 0 Å². The highest BCUT2D eigenvalue weighted by atomic mass is 32.2. The summed E-state index contributed by atoms with van der Waals surface area (Å²) in [5.74, 6) is -0.551. The lowest BCUT2D eigenvalue weighted by Crippen LogP contribution is -2.23. The van der Waals surface area contributed by atoms with Crippen LogP contribution in [0.4, 0.5) is 5.69 Å². The Labute approximate surface area is 181 Å². The molecule has 3 aromatic carbocycles. The van der Waals surface area contributed by atoms with E-state index in [2.05, 4.69) is 15.4 Å². The first kappa shape index (κ1) is 22.0.